The average Bonchev–Trinajstić information content (AvgIpc) is 2.85. The van der Waals surface area contributed by atoms with Crippen molar-refractivity contribution in [3.8, 4) is 0 Å². The minimum absolute atomic E-state index is 0.583. The summed E-state index contributed by atoms with van der Waals surface area (Å²) in [6.07, 6.45) is 0.419. The second-order valence-electron chi connectivity index (χ2n) is 10.2. The maximum Gasteiger partial charge on any atom is 0.416 e. The molecule has 0 heterocycles. The molecule has 0 aliphatic heterocycles. The molecule has 184 valence electrons. The van der Waals surface area contributed by atoms with E-state index in [9.17, 15) is 13.2 Å². The molecule has 0 radical (unpaired) electrons. The van der Waals surface area contributed by atoms with Gasteiger partial charge in [-0.25, -0.2) is 0 Å². The largest absolute Gasteiger partial charge is 0.416 e. The molecule has 0 aliphatic carbocycles. The van der Waals surface area contributed by atoms with Crippen molar-refractivity contribution in [1.82, 2.24) is 0 Å². The molecule has 37 heavy (non-hydrogen) atoms. The van der Waals surface area contributed by atoms with Crippen LogP contribution in [0.15, 0.2) is 91.0 Å². The SMILES string of the molecule is C=P(c1cc(C)cc(C)c1)(c1cc(C)cc(C(F)(F)F)c1)c1ccc2ccc3cccc4ccc1c2c34. The van der Waals surface area contributed by atoms with Crippen molar-refractivity contribution < 1.29 is 13.2 Å². The van der Waals surface area contributed by atoms with Crippen LogP contribution < -0.4 is 15.9 Å². The number of rotatable bonds is 3. The number of aryl methyl sites for hydroxylation is 3. The minimum atomic E-state index is -4.43. The second kappa shape index (κ2) is 8.23. The zero-order valence-electron chi connectivity index (χ0n) is 20.9. The summed E-state index contributed by atoms with van der Waals surface area (Å²) in [6.45, 7) is 3.08. The third-order valence-electron chi connectivity index (χ3n) is 7.39. The molecule has 6 aromatic carbocycles. The number of benzene rings is 6. The first kappa shape index (κ1) is 23.8. The Kier molecular flexibility index (Phi) is 5.30. The third kappa shape index (κ3) is 3.76. The highest BCUT2D eigenvalue weighted by atomic mass is 31.2. The first-order valence-electron chi connectivity index (χ1n) is 12.2. The summed E-state index contributed by atoms with van der Waals surface area (Å²) in [5.74, 6) is 0. The van der Waals surface area contributed by atoms with Gasteiger partial charge in [0.05, 0.1) is 5.56 Å². The van der Waals surface area contributed by atoms with Crippen LogP contribution in [-0.4, -0.2) is 6.30 Å². The van der Waals surface area contributed by atoms with E-state index in [0.29, 0.717) is 10.9 Å². The molecule has 0 bridgehead atoms. The van der Waals surface area contributed by atoms with Crippen molar-refractivity contribution in [1.29, 1.82) is 0 Å². The van der Waals surface area contributed by atoms with E-state index in [4.69, 9.17) is 6.30 Å². The van der Waals surface area contributed by atoms with Crippen molar-refractivity contribution in [3.05, 3.63) is 113 Å². The number of alkyl halides is 3. The van der Waals surface area contributed by atoms with Gasteiger partial charge < -0.3 is 0 Å². The van der Waals surface area contributed by atoms with E-state index in [2.05, 4.69) is 72.8 Å². The highest BCUT2D eigenvalue weighted by Gasteiger charge is 2.33. The first-order chi connectivity index (χ1) is 17.6. The van der Waals surface area contributed by atoms with Crippen LogP contribution in [0, 0.1) is 20.8 Å². The zero-order valence-corrected chi connectivity index (χ0v) is 21.8. The van der Waals surface area contributed by atoms with Gasteiger partial charge in [0.25, 0.3) is 0 Å². The van der Waals surface area contributed by atoms with Gasteiger partial charge in [-0.1, -0.05) is 96.3 Å². The quantitative estimate of drug-likeness (QED) is 0.166. The molecule has 0 spiro atoms. The minimum Gasteiger partial charge on any atom is -0.166 e. The summed E-state index contributed by atoms with van der Waals surface area (Å²) in [6, 6.07) is 29.7. The van der Waals surface area contributed by atoms with Crippen LogP contribution in [0.25, 0.3) is 32.3 Å². The maximum atomic E-state index is 14.0. The highest BCUT2D eigenvalue weighted by molar-refractivity contribution is 7.93. The lowest BCUT2D eigenvalue weighted by molar-refractivity contribution is -0.137. The fourth-order valence-electron chi connectivity index (χ4n) is 5.80. The Labute approximate surface area is 214 Å². The van der Waals surface area contributed by atoms with Gasteiger partial charge >= 0.3 is 6.18 Å². The van der Waals surface area contributed by atoms with Gasteiger partial charge in [0.2, 0.25) is 0 Å². The average molecular weight is 511 g/mol. The molecule has 1 atom stereocenters. The Morgan fingerprint density at radius 3 is 1.73 bits per heavy atom. The monoisotopic (exact) mass is 510 g/mol. The van der Waals surface area contributed by atoms with Gasteiger partial charge in [0, 0.05) is 0 Å². The lowest BCUT2D eigenvalue weighted by Gasteiger charge is -2.30. The Hall–Kier alpha value is -3.55. The van der Waals surface area contributed by atoms with Gasteiger partial charge in [-0.2, -0.15) is 13.2 Å². The van der Waals surface area contributed by atoms with E-state index in [1.54, 1.807) is 6.92 Å². The maximum absolute atomic E-state index is 14.0. The van der Waals surface area contributed by atoms with E-state index in [0.717, 1.165) is 48.7 Å². The highest BCUT2D eigenvalue weighted by Crippen LogP contribution is 2.47. The fraction of sp³-hybridized carbons (Fsp3) is 0.121. The molecular formula is C33H26F3P. The Morgan fingerprint density at radius 2 is 1.11 bits per heavy atom. The lowest BCUT2D eigenvalue weighted by Crippen LogP contribution is -2.28. The number of hydrogen-bond acceptors (Lipinski definition) is 0. The summed E-state index contributed by atoms with van der Waals surface area (Å²) in [5, 5.41) is 9.44. The van der Waals surface area contributed by atoms with Gasteiger partial charge in [-0.15, -0.1) is 0 Å². The number of halogens is 3. The third-order valence-corrected chi connectivity index (χ3v) is 10.9. The van der Waals surface area contributed by atoms with E-state index >= 15 is 0 Å². The molecule has 0 saturated carbocycles. The predicted molar refractivity (Wildman–Crippen MR) is 155 cm³/mol. The summed E-state index contributed by atoms with van der Waals surface area (Å²) < 4.78 is 42.0. The molecule has 0 amide bonds. The summed E-state index contributed by atoms with van der Waals surface area (Å²) >= 11 is 0. The molecule has 0 N–H and O–H groups in total. The topological polar surface area (TPSA) is 0 Å². The standard InChI is InChI=1S/C33H26F3P/c1-20-14-21(2)17-27(16-20)37(4,28-18-22(3)15-26(19-28)33(34,35)36)30-13-11-25-9-8-23-6-5-7-24-10-12-29(30)32(25)31(23)24/h5-19H,4H2,1-3H3. The smallest absolute Gasteiger partial charge is 0.166 e. The molecule has 1 unspecified atom stereocenters. The van der Waals surface area contributed by atoms with Crippen molar-refractivity contribution in [3.63, 3.8) is 0 Å². The predicted octanol–water partition coefficient (Wildman–Crippen LogP) is 8.25. The van der Waals surface area contributed by atoms with Crippen LogP contribution in [-0.2, 0) is 6.18 Å². The van der Waals surface area contributed by atoms with Gasteiger partial charge in [-0.05, 0) is 93.6 Å². The fourth-order valence-corrected chi connectivity index (χ4v) is 9.21. The van der Waals surface area contributed by atoms with Crippen molar-refractivity contribution >= 4 is 61.4 Å². The Balaban J connectivity index is 1.78. The molecule has 6 rings (SSSR count). The summed E-state index contributed by atoms with van der Waals surface area (Å²) in [4.78, 5) is 0. The molecule has 6 aromatic rings. The van der Waals surface area contributed by atoms with Gasteiger partial charge in [0.1, 0.15) is 0 Å². The van der Waals surface area contributed by atoms with Crippen LogP contribution >= 0.6 is 6.89 Å². The zero-order chi connectivity index (χ0) is 26.1. The normalized spacial score (nSPS) is 14.0. The van der Waals surface area contributed by atoms with Crippen LogP contribution in [0.3, 0.4) is 0 Å². The molecule has 0 fully saturated rings. The summed E-state index contributed by atoms with van der Waals surface area (Å²) in [7, 11) is 0. The van der Waals surface area contributed by atoms with Crippen molar-refractivity contribution in [2.75, 3.05) is 0 Å². The molecule has 0 saturated heterocycles. The van der Waals surface area contributed by atoms with E-state index in [-0.39, 0.29) is 0 Å². The molecular weight excluding hydrogens is 484 g/mol. The van der Waals surface area contributed by atoms with Crippen LogP contribution in [0.1, 0.15) is 22.3 Å². The van der Waals surface area contributed by atoms with E-state index in [1.807, 2.05) is 19.9 Å². The molecule has 0 nitrogen and oxygen atoms in total. The molecule has 4 heteroatoms. The number of hydrogen-bond donors (Lipinski definition) is 0. The van der Waals surface area contributed by atoms with E-state index < -0.39 is 18.6 Å². The van der Waals surface area contributed by atoms with E-state index in [1.165, 1.54) is 17.5 Å². The van der Waals surface area contributed by atoms with Crippen molar-refractivity contribution in [2.45, 2.75) is 26.9 Å². The second-order valence-corrected chi connectivity index (χ2v) is 13.3. The van der Waals surface area contributed by atoms with Crippen LogP contribution in [0.2, 0.25) is 0 Å². The lowest BCUT2D eigenvalue weighted by atomic mass is 9.94. The summed E-state index contributed by atoms with van der Waals surface area (Å²) in [5.41, 5.74) is 2.10. The van der Waals surface area contributed by atoms with Crippen molar-refractivity contribution in [2.24, 2.45) is 0 Å². The Bertz CT molecular complexity index is 1840. The first-order valence-corrected chi connectivity index (χ1v) is 14.2. The van der Waals surface area contributed by atoms with Crippen LogP contribution in [0.5, 0.6) is 0 Å². The Morgan fingerprint density at radius 1 is 0.595 bits per heavy atom. The molecule has 0 aromatic heterocycles. The van der Waals surface area contributed by atoms with Gasteiger partial charge in [0.15, 0.2) is 0 Å². The molecule has 0 aliphatic rings. The van der Waals surface area contributed by atoms with Crippen LogP contribution in [0.4, 0.5) is 13.2 Å². The van der Waals surface area contributed by atoms with Gasteiger partial charge in [-0.3, -0.25) is 0 Å².